The normalized spacial score (nSPS) is 11.0. The van der Waals surface area contributed by atoms with Gasteiger partial charge in [-0.3, -0.25) is 9.52 Å². The van der Waals surface area contributed by atoms with Gasteiger partial charge in [0.2, 0.25) is 5.88 Å². The van der Waals surface area contributed by atoms with Crippen molar-refractivity contribution in [1.29, 1.82) is 0 Å². The first kappa shape index (κ1) is 19.5. The number of sulfonamides is 1. The van der Waals surface area contributed by atoms with Gasteiger partial charge in [-0.25, -0.2) is 13.4 Å². The van der Waals surface area contributed by atoms with Gasteiger partial charge < -0.3 is 14.6 Å². The van der Waals surface area contributed by atoms with E-state index in [0.717, 1.165) is 0 Å². The van der Waals surface area contributed by atoms with Gasteiger partial charge in [0.25, 0.3) is 10.0 Å². The average Bonchev–Trinajstić information content (AvgIpc) is 2.60. The summed E-state index contributed by atoms with van der Waals surface area (Å²) in [5.41, 5.74) is 0.952. The number of methoxy groups -OCH3 is 1. The van der Waals surface area contributed by atoms with Gasteiger partial charge in [0.05, 0.1) is 30.5 Å². The summed E-state index contributed by atoms with van der Waals surface area (Å²) >= 11 is 0. The lowest BCUT2D eigenvalue weighted by Gasteiger charge is -2.12. The highest BCUT2D eigenvalue weighted by molar-refractivity contribution is 7.92. The highest BCUT2D eigenvalue weighted by Gasteiger charge is 2.16. The number of anilines is 1. The number of benzene rings is 1. The number of carboxylic acid groups (broad SMARTS) is 1. The molecule has 0 unspecified atom stereocenters. The van der Waals surface area contributed by atoms with Crippen LogP contribution in [0.15, 0.2) is 41.4 Å². The Hall–Kier alpha value is -2.81. The Morgan fingerprint density at radius 2 is 2.04 bits per heavy atom. The molecule has 0 aliphatic rings. The lowest BCUT2D eigenvalue weighted by Crippen LogP contribution is -2.13. The molecule has 0 amide bonds. The zero-order chi connectivity index (χ0) is 19.2. The highest BCUT2D eigenvalue weighted by Crippen LogP contribution is 2.24. The quantitative estimate of drug-likeness (QED) is 0.642. The van der Waals surface area contributed by atoms with Crippen LogP contribution < -0.4 is 14.2 Å². The van der Waals surface area contributed by atoms with E-state index < -0.39 is 16.0 Å². The molecule has 1 aromatic heterocycles. The van der Waals surface area contributed by atoms with Gasteiger partial charge in [-0.2, -0.15) is 0 Å². The minimum absolute atomic E-state index is 0.0192. The molecule has 0 atom stereocenters. The zero-order valence-electron chi connectivity index (χ0n) is 14.4. The smallest absolute Gasteiger partial charge is 0.303 e. The molecular weight excluding hydrogens is 360 g/mol. The van der Waals surface area contributed by atoms with Gasteiger partial charge in [-0.1, -0.05) is 0 Å². The Morgan fingerprint density at radius 3 is 2.62 bits per heavy atom. The van der Waals surface area contributed by atoms with Gasteiger partial charge >= 0.3 is 5.97 Å². The molecule has 1 aromatic carbocycles. The van der Waals surface area contributed by atoms with E-state index in [1.54, 1.807) is 25.1 Å². The molecule has 8 nitrogen and oxygen atoms in total. The maximum atomic E-state index is 12.5. The third kappa shape index (κ3) is 5.35. The number of aryl methyl sites for hydroxylation is 1. The highest BCUT2D eigenvalue weighted by atomic mass is 32.2. The van der Waals surface area contributed by atoms with E-state index in [1.165, 1.54) is 25.4 Å². The van der Waals surface area contributed by atoms with Crippen LogP contribution in [0.2, 0.25) is 0 Å². The van der Waals surface area contributed by atoms with Crippen molar-refractivity contribution in [3.63, 3.8) is 0 Å². The molecule has 1 heterocycles. The first-order chi connectivity index (χ1) is 12.3. The van der Waals surface area contributed by atoms with Crippen molar-refractivity contribution in [2.75, 3.05) is 18.4 Å². The Labute approximate surface area is 151 Å². The second-order valence-corrected chi connectivity index (χ2v) is 7.15. The van der Waals surface area contributed by atoms with E-state index in [9.17, 15) is 13.2 Å². The van der Waals surface area contributed by atoms with E-state index >= 15 is 0 Å². The number of hydrogen-bond donors (Lipinski definition) is 2. The first-order valence-electron chi connectivity index (χ1n) is 7.80. The van der Waals surface area contributed by atoms with Crippen LogP contribution in [0.25, 0.3) is 0 Å². The van der Waals surface area contributed by atoms with Crippen molar-refractivity contribution in [2.45, 2.75) is 24.7 Å². The second kappa shape index (κ2) is 8.52. The number of rotatable bonds is 9. The number of carboxylic acids is 1. The fourth-order valence-corrected chi connectivity index (χ4v) is 3.26. The SMILES string of the molecule is COc1ccc(NS(=O)(=O)c2ccc(OCCCC(=O)O)c(C)c2)cn1. The van der Waals surface area contributed by atoms with Crippen LogP contribution >= 0.6 is 0 Å². The van der Waals surface area contributed by atoms with Crippen LogP contribution in [0.4, 0.5) is 5.69 Å². The van der Waals surface area contributed by atoms with Crippen molar-refractivity contribution < 1.29 is 27.8 Å². The first-order valence-corrected chi connectivity index (χ1v) is 9.28. The number of carbonyl (C=O) groups is 1. The van der Waals surface area contributed by atoms with Crippen LogP contribution in [0.3, 0.4) is 0 Å². The fourth-order valence-electron chi connectivity index (χ4n) is 2.13. The topological polar surface area (TPSA) is 115 Å². The summed E-state index contributed by atoms with van der Waals surface area (Å²) in [5.74, 6) is 0.0134. The predicted molar refractivity (Wildman–Crippen MR) is 95.1 cm³/mol. The standard InChI is InChI=1S/C17H20N2O6S/c1-12-10-14(6-7-15(12)25-9-3-4-17(20)21)26(22,23)19-13-5-8-16(24-2)18-11-13/h5-8,10-11,19H,3-4,9H2,1-2H3,(H,20,21). The van der Waals surface area contributed by atoms with E-state index in [1.807, 2.05) is 0 Å². The van der Waals surface area contributed by atoms with Gasteiger partial charge in [0, 0.05) is 12.5 Å². The molecule has 0 saturated carbocycles. The maximum absolute atomic E-state index is 12.5. The minimum Gasteiger partial charge on any atom is -0.493 e. The molecule has 2 aromatic rings. The number of nitrogens with one attached hydrogen (secondary N) is 1. The van der Waals surface area contributed by atoms with Crippen molar-refractivity contribution in [3.8, 4) is 11.6 Å². The van der Waals surface area contributed by atoms with E-state index in [0.29, 0.717) is 29.3 Å². The average molecular weight is 380 g/mol. The number of nitrogens with zero attached hydrogens (tertiary/aromatic N) is 1. The molecule has 0 saturated heterocycles. The number of pyridine rings is 1. The Morgan fingerprint density at radius 1 is 1.27 bits per heavy atom. The van der Waals surface area contributed by atoms with Crippen LogP contribution in [0.5, 0.6) is 11.6 Å². The van der Waals surface area contributed by atoms with Crippen molar-refractivity contribution in [1.82, 2.24) is 4.98 Å². The molecule has 26 heavy (non-hydrogen) atoms. The molecule has 9 heteroatoms. The summed E-state index contributed by atoms with van der Waals surface area (Å²) in [7, 11) is -2.30. The zero-order valence-corrected chi connectivity index (χ0v) is 15.2. The van der Waals surface area contributed by atoms with E-state index in [4.69, 9.17) is 14.6 Å². The summed E-state index contributed by atoms with van der Waals surface area (Å²) < 4.78 is 37.8. The molecule has 2 rings (SSSR count). The van der Waals surface area contributed by atoms with Gasteiger partial charge in [0.15, 0.2) is 0 Å². The van der Waals surface area contributed by atoms with E-state index in [2.05, 4.69) is 9.71 Å². The molecule has 0 aliphatic carbocycles. The third-order valence-corrected chi connectivity index (χ3v) is 4.83. The lowest BCUT2D eigenvalue weighted by atomic mass is 10.2. The van der Waals surface area contributed by atoms with Crippen molar-refractivity contribution >= 4 is 21.7 Å². The summed E-state index contributed by atoms with van der Waals surface area (Å²) in [6.45, 7) is 1.97. The molecule has 140 valence electrons. The number of ether oxygens (including phenoxy) is 2. The summed E-state index contributed by atoms with van der Waals surface area (Å²) in [5, 5.41) is 8.60. The Bertz CT molecular complexity index is 865. The predicted octanol–water partition coefficient (Wildman–Crippen LogP) is 2.44. The largest absolute Gasteiger partial charge is 0.493 e. The van der Waals surface area contributed by atoms with Crippen LogP contribution in [0.1, 0.15) is 18.4 Å². The molecular formula is C17H20N2O6S. The van der Waals surface area contributed by atoms with E-state index in [-0.39, 0.29) is 17.9 Å². The lowest BCUT2D eigenvalue weighted by molar-refractivity contribution is -0.137. The number of aliphatic carboxylic acids is 1. The molecule has 2 N–H and O–H groups in total. The molecule has 0 aliphatic heterocycles. The maximum Gasteiger partial charge on any atom is 0.303 e. The summed E-state index contributed by atoms with van der Waals surface area (Å²) in [4.78, 5) is 14.5. The fraction of sp³-hybridized carbons (Fsp3) is 0.294. The van der Waals surface area contributed by atoms with Gasteiger partial charge in [0.1, 0.15) is 5.75 Å². The third-order valence-electron chi connectivity index (χ3n) is 3.45. The molecule has 0 bridgehead atoms. The molecule has 0 spiro atoms. The minimum atomic E-state index is -3.77. The van der Waals surface area contributed by atoms with Crippen molar-refractivity contribution in [3.05, 3.63) is 42.1 Å². The van der Waals surface area contributed by atoms with Gasteiger partial charge in [-0.05, 0) is 43.2 Å². The monoisotopic (exact) mass is 380 g/mol. The summed E-state index contributed by atoms with van der Waals surface area (Å²) in [6.07, 6.45) is 1.76. The summed E-state index contributed by atoms with van der Waals surface area (Å²) in [6, 6.07) is 7.58. The van der Waals surface area contributed by atoms with Crippen LogP contribution in [0, 0.1) is 6.92 Å². The van der Waals surface area contributed by atoms with Crippen molar-refractivity contribution in [2.24, 2.45) is 0 Å². The Balaban J connectivity index is 2.06. The van der Waals surface area contributed by atoms with Crippen LogP contribution in [-0.2, 0) is 14.8 Å². The number of hydrogen-bond acceptors (Lipinski definition) is 6. The Kier molecular flexibility index (Phi) is 6.40. The van der Waals surface area contributed by atoms with Crippen LogP contribution in [-0.4, -0.2) is 38.2 Å². The molecule has 0 fully saturated rings. The number of aromatic nitrogens is 1. The van der Waals surface area contributed by atoms with Gasteiger partial charge in [-0.15, -0.1) is 0 Å². The second-order valence-electron chi connectivity index (χ2n) is 5.47. The molecule has 0 radical (unpaired) electrons.